The van der Waals surface area contributed by atoms with Crippen LogP contribution in [0.15, 0.2) is 0 Å². The van der Waals surface area contributed by atoms with Crippen molar-refractivity contribution >= 4 is 39.5 Å². The predicted octanol–water partition coefficient (Wildman–Crippen LogP) is 20.8. The van der Waals surface area contributed by atoms with Gasteiger partial charge in [0.25, 0.3) is 0 Å². The number of hydrogen-bond acceptors (Lipinski definition) is 15. The zero-order valence-electron chi connectivity index (χ0n) is 59.1. The minimum Gasteiger partial charge on any atom is -0.462 e. The normalized spacial score (nSPS) is 14.7. The Balaban J connectivity index is 5.14. The van der Waals surface area contributed by atoms with Crippen molar-refractivity contribution in [2.75, 3.05) is 39.6 Å². The van der Waals surface area contributed by atoms with E-state index in [-0.39, 0.29) is 25.7 Å². The zero-order valence-corrected chi connectivity index (χ0v) is 60.9. The van der Waals surface area contributed by atoms with E-state index in [1.807, 2.05) is 0 Å². The lowest BCUT2D eigenvalue weighted by Crippen LogP contribution is -2.30. The summed E-state index contributed by atoms with van der Waals surface area (Å²) in [6.45, 7) is 9.58. The van der Waals surface area contributed by atoms with Gasteiger partial charge in [0.1, 0.15) is 19.3 Å². The summed E-state index contributed by atoms with van der Waals surface area (Å²) >= 11 is 0. The minimum atomic E-state index is -4.95. The van der Waals surface area contributed by atoms with Crippen LogP contribution >= 0.6 is 15.6 Å². The highest BCUT2D eigenvalue weighted by Crippen LogP contribution is 2.45. The Labute approximate surface area is 556 Å². The van der Waals surface area contributed by atoms with Crippen LogP contribution in [-0.2, 0) is 65.4 Å². The summed E-state index contributed by atoms with van der Waals surface area (Å²) < 4.78 is 68.1. The van der Waals surface area contributed by atoms with Crippen molar-refractivity contribution < 1.29 is 80.2 Å². The van der Waals surface area contributed by atoms with Gasteiger partial charge in [-0.1, -0.05) is 318 Å². The summed E-state index contributed by atoms with van der Waals surface area (Å²) in [6.07, 6.45) is 50.2. The molecule has 0 rings (SSSR count). The number of aliphatic hydroxyl groups is 1. The van der Waals surface area contributed by atoms with Gasteiger partial charge in [-0.2, -0.15) is 0 Å². The van der Waals surface area contributed by atoms with E-state index < -0.39 is 97.5 Å². The Morgan fingerprint density at radius 3 is 0.780 bits per heavy atom. The van der Waals surface area contributed by atoms with Crippen LogP contribution in [0.3, 0.4) is 0 Å². The Hall–Kier alpha value is -1.94. The van der Waals surface area contributed by atoms with Gasteiger partial charge in [-0.25, -0.2) is 9.13 Å². The van der Waals surface area contributed by atoms with Gasteiger partial charge in [0.15, 0.2) is 12.2 Å². The van der Waals surface area contributed by atoms with Crippen LogP contribution in [-0.4, -0.2) is 96.7 Å². The average molecular weight is 1340 g/mol. The largest absolute Gasteiger partial charge is 0.472 e. The third-order valence-corrected chi connectivity index (χ3v) is 19.3. The lowest BCUT2D eigenvalue weighted by molar-refractivity contribution is -0.161. The molecule has 0 aliphatic carbocycles. The molecule has 0 aromatic carbocycles. The van der Waals surface area contributed by atoms with Gasteiger partial charge in [0.05, 0.1) is 26.4 Å². The number of rotatable bonds is 71. The van der Waals surface area contributed by atoms with E-state index in [0.717, 1.165) is 108 Å². The predicted molar refractivity (Wildman–Crippen MR) is 368 cm³/mol. The highest BCUT2D eigenvalue weighted by Gasteiger charge is 2.30. The van der Waals surface area contributed by atoms with Gasteiger partial charge < -0.3 is 33.8 Å². The molecule has 3 N–H and O–H groups in total. The quantitative estimate of drug-likeness (QED) is 0.0222. The van der Waals surface area contributed by atoms with Gasteiger partial charge in [-0.15, -0.1) is 0 Å². The zero-order chi connectivity index (χ0) is 67.2. The molecule has 540 valence electrons. The first-order valence-corrected chi connectivity index (χ1v) is 40.6. The summed E-state index contributed by atoms with van der Waals surface area (Å²) in [6, 6.07) is 0. The SMILES string of the molecule is CCCCCCCCCCCCC(=O)O[C@H](COC(=O)CCCCCCC)COP(=O)(O)OC[C@H](O)COP(=O)(O)OC[C@@H](COC(=O)CCCCCCCCCCCCCCCCC(C)CC)OC(=O)CCCCCCCCCCCCCCCCC(C)CC. The number of esters is 4. The van der Waals surface area contributed by atoms with Gasteiger partial charge in [0.2, 0.25) is 0 Å². The number of carbonyl (C=O) groups excluding carboxylic acids is 4. The monoisotopic (exact) mass is 1340 g/mol. The summed E-state index contributed by atoms with van der Waals surface area (Å²) in [5.74, 6) is -0.437. The van der Waals surface area contributed by atoms with Crippen LogP contribution in [0.5, 0.6) is 0 Å². The summed E-state index contributed by atoms with van der Waals surface area (Å²) in [5.41, 5.74) is 0. The molecule has 0 bridgehead atoms. The minimum absolute atomic E-state index is 0.105. The first-order valence-electron chi connectivity index (χ1n) is 37.6. The third-order valence-electron chi connectivity index (χ3n) is 17.4. The molecule has 0 heterocycles. The van der Waals surface area contributed by atoms with E-state index in [1.54, 1.807) is 0 Å². The molecule has 4 unspecified atom stereocenters. The molecule has 0 spiro atoms. The summed E-state index contributed by atoms with van der Waals surface area (Å²) in [4.78, 5) is 72.3. The molecule has 91 heavy (non-hydrogen) atoms. The Morgan fingerprint density at radius 2 is 0.527 bits per heavy atom. The van der Waals surface area contributed by atoms with E-state index in [9.17, 15) is 43.2 Å². The van der Waals surface area contributed by atoms with Crippen molar-refractivity contribution in [2.24, 2.45) is 11.8 Å². The van der Waals surface area contributed by atoms with Crippen LogP contribution in [0.2, 0.25) is 0 Å². The second kappa shape index (κ2) is 64.1. The van der Waals surface area contributed by atoms with Crippen molar-refractivity contribution in [1.82, 2.24) is 0 Å². The molecule has 0 radical (unpaired) electrons. The Morgan fingerprint density at radius 1 is 0.308 bits per heavy atom. The number of phosphoric acid groups is 2. The third kappa shape index (κ3) is 63.9. The van der Waals surface area contributed by atoms with Crippen LogP contribution in [0, 0.1) is 11.8 Å². The van der Waals surface area contributed by atoms with Gasteiger partial charge >= 0.3 is 39.5 Å². The molecule has 0 aliphatic rings. The van der Waals surface area contributed by atoms with E-state index in [2.05, 4.69) is 41.5 Å². The standard InChI is InChI=1S/C72H140O17P2/c1-7-11-13-15-16-17-32-38-44-50-56-71(76)88-67(60-82-69(74)54-48-40-14-12-8-2)62-86-90(78,79)84-58-66(73)59-85-91(80,81)87-63-68(89-72(77)57-51-45-39-34-29-25-21-19-23-27-31-36-42-47-53-65(6)10-4)61-83-70(75)55-49-43-37-33-28-24-20-18-22-26-30-35-41-46-52-64(5)9-3/h64-68,73H,7-63H2,1-6H3,(H,78,79)(H,80,81)/t64?,65?,66-,67+,68+/m0/s1. The van der Waals surface area contributed by atoms with E-state index in [1.165, 1.54) is 180 Å². The number of phosphoric ester groups is 2. The van der Waals surface area contributed by atoms with Crippen molar-refractivity contribution in [3.63, 3.8) is 0 Å². The topological polar surface area (TPSA) is 237 Å². The molecular formula is C72H140O17P2. The molecule has 0 saturated carbocycles. The number of aliphatic hydroxyl groups excluding tert-OH is 1. The first-order chi connectivity index (χ1) is 43.9. The second-order valence-electron chi connectivity index (χ2n) is 26.5. The first kappa shape index (κ1) is 89.1. The lowest BCUT2D eigenvalue weighted by atomic mass is 9.99. The van der Waals surface area contributed by atoms with Gasteiger partial charge in [-0.3, -0.25) is 37.3 Å². The number of carbonyl (C=O) groups is 4. The maximum absolute atomic E-state index is 13.0. The van der Waals surface area contributed by atoms with Gasteiger partial charge in [0, 0.05) is 25.7 Å². The fourth-order valence-corrected chi connectivity index (χ4v) is 12.5. The van der Waals surface area contributed by atoms with E-state index in [4.69, 9.17) is 37.0 Å². The number of unbranched alkanes of at least 4 members (excludes halogenated alkanes) is 39. The van der Waals surface area contributed by atoms with Crippen LogP contribution in [0.1, 0.15) is 369 Å². The van der Waals surface area contributed by atoms with Crippen LogP contribution in [0.25, 0.3) is 0 Å². The average Bonchev–Trinajstić information content (AvgIpc) is 3.50. The maximum Gasteiger partial charge on any atom is 0.472 e. The molecule has 0 amide bonds. The number of ether oxygens (including phenoxy) is 4. The molecule has 0 aliphatic heterocycles. The Bertz CT molecular complexity index is 1770. The summed E-state index contributed by atoms with van der Waals surface area (Å²) in [5, 5.41) is 10.6. The van der Waals surface area contributed by atoms with Crippen LogP contribution < -0.4 is 0 Å². The molecule has 0 aromatic rings. The molecule has 19 heteroatoms. The summed E-state index contributed by atoms with van der Waals surface area (Å²) in [7, 11) is -9.89. The molecular weight excluding hydrogens is 1200 g/mol. The van der Waals surface area contributed by atoms with Crippen LogP contribution in [0.4, 0.5) is 0 Å². The fraction of sp³-hybridized carbons (Fsp3) is 0.944. The van der Waals surface area contributed by atoms with Gasteiger partial charge in [-0.05, 0) is 37.5 Å². The maximum atomic E-state index is 13.0. The highest BCUT2D eigenvalue weighted by molar-refractivity contribution is 7.47. The van der Waals surface area contributed by atoms with E-state index in [0.29, 0.717) is 25.7 Å². The van der Waals surface area contributed by atoms with Crippen molar-refractivity contribution in [1.29, 1.82) is 0 Å². The fourth-order valence-electron chi connectivity index (χ4n) is 10.9. The molecule has 0 aromatic heterocycles. The van der Waals surface area contributed by atoms with Crippen molar-refractivity contribution in [3.8, 4) is 0 Å². The molecule has 17 nitrogen and oxygen atoms in total. The molecule has 0 saturated heterocycles. The number of hydrogen-bond donors (Lipinski definition) is 3. The Kier molecular flexibility index (Phi) is 62.7. The van der Waals surface area contributed by atoms with Crippen molar-refractivity contribution in [2.45, 2.75) is 387 Å². The second-order valence-corrected chi connectivity index (χ2v) is 29.4. The molecule has 7 atom stereocenters. The smallest absolute Gasteiger partial charge is 0.462 e. The van der Waals surface area contributed by atoms with Crippen molar-refractivity contribution in [3.05, 3.63) is 0 Å². The molecule has 0 fully saturated rings. The van der Waals surface area contributed by atoms with E-state index >= 15 is 0 Å². The highest BCUT2D eigenvalue weighted by atomic mass is 31.2. The lowest BCUT2D eigenvalue weighted by Gasteiger charge is -2.21.